The highest BCUT2D eigenvalue weighted by molar-refractivity contribution is 8.00. The van der Waals surface area contributed by atoms with Gasteiger partial charge in [0.15, 0.2) is 0 Å². The fourth-order valence-corrected chi connectivity index (χ4v) is 6.66. The zero-order valence-electron chi connectivity index (χ0n) is 24.3. The summed E-state index contributed by atoms with van der Waals surface area (Å²) in [7, 11) is 0. The highest BCUT2D eigenvalue weighted by Crippen LogP contribution is 2.37. The molecule has 0 unspecified atom stereocenters. The third-order valence-electron chi connectivity index (χ3n) is 8.47. The third-order valence-corrected chi connectivity index (χ3v) is 9.21. The topological polar surface area (TPSA) is 23.6 Å². The normalized spacial score (nSPS) is 19.2. The second-order valence-corrected chi connectivity index (χ2v) is 13.9. The van der Waals surface area contributed by atoms with Gasteiger partial charge in [-0.1, -0.05) is 64.6 Å². The van der Waals surface area contributed by atoms with E-state index in [0.717, 1.165) is 76.3 Å². The lowest BCUT2D eigenvalue weighted by molar-refractivity contribution is -0.133. The van der Waals surface area contributed by atoms with Crippen molar-refractivity contribution in [3.63, 3.8) is 0 Å². The van der Waals surface area contributed by atoms with Crippen molar-refractivity contribution in [2.75, 3.05) is 32.7 Å². The van der Waals surface area contributed by atoms with Crippen molar-refractivity contribution in [2.24, 2.45) is 11.8 Å². The zero-order valence-corrected chi connectivity index (χ0v) is 25.1. The van der Waals surface area contributed by atoms with Crippen molar-refractivity contribution < 1.29 is 18.0 Å². The van der Waals surface area contributed by atoms with Gasteiger partial charge in [-0.15, -0.1) is 0 Å². The molecule has 2 aromatic rings. The number of piperidine rings is 2. The van der Waals surface area contributed by atoms with Crippen LogP contribution < -0.4 is 0 Å². The minimum absolute atomic E-state index is 0. The molecular formula is C34H49F3N2OS. The molecule has 4 rings (SSSR count). The van der Waals surface area contributed by atoms with E-state index in [9.17, 15) is 18.0 Å². The van der Waals surface area contributed by atoms with Crippen LogP contribution in [-0.2, 0) is 23.1 Å². The molecule has 0 saturated carbocycles. The van der Waals surface area contributed by atoms with Gasteiger partial charge >= 0.3 is 5.51 Å². The maximum atomic E-state index is 13.0. The van der Waals surface area contributed by atoms with Crippen LogP contribution in [-0.4, -0.2) is 53.9 Å². The van der Waals surface area contributed by atoms with Gasteiger partial charge in [0.05, 0.1) is 0 Å². The number of benzene rings is 2. The number of carbonyl (C=O) groups excluding carboxylic acids is 1. The lowest BCUT2D eigenvalue weighted by Crippen LogP contribution is -2.41. The van der Waals surface area contributed by atoms with Crippen LogP contribution >= 0.6 is 11.8 Å². The molecule has 41 heavy (non-hydrogen) atoms. The van der Waals surface area contributed by atoms with Gasteiger partial charge < -0.3 is 9.80 Å². The number of rotatable bonds is 9. The van der Waals surface area contributed by atoms with Gasteiger partial charge in [0.1, 0.15) is 0 Å². The van der Waals surface area contributed by atoms with E-state index in [0.29, 0.717) is 12.3 Å². The summed E-state index contributed by atoms with van der Waals surface area (Å²) >= 11 is -0.0777. The van der Waals surface area contributed by atoms with Gasteiger partial charge in [-0.05, 0) is 122 Å². The highest BCUT2D eigenvalue weighted by Gasteiger charge is 2.29. The standard InChI is InChI=1S/C33H45F3N2OS.CH4/c1-32(2,3)29-12-8-25(9-13-29)22-27-16-20-37(21-17-27)18-5-7-31(39)38-19-4-6-28(24-38)23-26-10-14-30(15-11-26)40-33(34,35)36;/h8-15,27-28H,4-7,16-24H2,1-3H3;1H4/t28-;/m1./s1. The van der Waals surface area contributed by atoms with Crippen molar-refractivity contribution in [3.05, 3.63) is 65.2 Å². The lowest BCUT2D eigenvalue weighted by Gasteiger charge is -2.34. The van der Waals surface area contributed by atoms with Gasteiger partial charge in [0.25, 0.3) is 0 Å². The van der Waals surface area contributed by atoms with Crippen molar-refractivity contribution in [2.45, 2.75) is 95.4 Å². The van der Waals surface area contributed by atoms with Crippen molar-refractivity contribution >= 4 is 17.7 Å². The van der Waals surface area contributed by atoms with E-state index >= 15 is 0 Å². The summed E-state index contributed by atoms with van der Waals surface area (Å²) in [5, 5.41) is 0. The molecule has 0 aliphatic carbocycles. The second-order valence-electron chi connectivity index (χ2n) is 12.8. The van der Waals surface area contributed by atoms with E-state index in [1.807, 2.05) is 4.90 Å². The van der Waals surface area contributed by atoms with Gasteiger partial charge in [0, 0.05) is 24.4 Å². The molecule has 3 nitrogen and oxygen atoms in total. The van der Waals surface area contributed by atoms with E-state index in [1.54, 1.807) is 24.3 Å². The number of carbonyl (C=O) groups is 1. The molecule has 2 saturated heterocycles. The first-order chi connectivity index (χ1) is 18.9. The Kier molecular flexibility index (Phi) is 12.2. The maximum absolute atomic E-state index is 13.0. The average Bonchev–Trinajstić information content (AvgIpc) is 2.90. The Labute approximate surface area is 250 Å². The van der Waals surface area contributed by atoms with Crippen LogP contribution in [0.4, 0.5) is 13.2 Å². The Hall–Kier alpha value is -1.99. The Morgan fingerprint density at radius 2 is 1.44 bits per heavy atom. The average molecular weight is 591 g/mol. The first-order valence-corrected chi connectivity index (χ1v) is 15.7. The van der Waals surface area contributed by atoms with Crippen LogP contribution in [0.1, 0.15) is 83.4 Å². The molecule has 2 heterocycles. The number of hydrogen-bond acceptors (Lipinski definition) is 3. The number of nitrogens with zero attached hydrogens (tertiary/aromatic N) is 2. The SMILES string of the molecule is C.CC(C)(C)c1ccc(CC2CCN(CCCC(=O)N3CCC[C@H](Cc4ccc(SC(F)(F)F)cc4)C3)CC2)cc1. The van der Waals surface area contributed by atoms with Gasteiger partial charge in [-0.2, -0.15) is 13.2 Å². The molecule has 2 fully saturated rings. The molecular weight excluding hydrogens is 541 g/mol. The fraction of sp³-hybridized carbons (Fsp3) is 0.618. The van der Waals surface area contributed by atoms with Crippen molar-refractivity contribution in [1.29, 1.82) is 0 Å². The molecule has 1 amide bonds. The lowest BCUT2D eigenvalue weighted by atomic mass is 9.85. The predicted octanol–water partition coefficient (Wildman–Crippen LogP) is 8.75. The number of thioether (sulfide) groups is 1. The number of alkyl halides is 3. The number of amides is 1. The van der Waals surface area contributed by atoms with E-state index in [2.05, 4.69) is 49.9 Å². The molecule has 2 aromatic carbocycles. The van der Waals surface area contributed by atoms with Crippen LogP contribution in [0, 0.1) is 11.8 Å². The molecule has 2 aliphatic heterocycles. The summed E-state index contributed by atoms with van der Waals surface area (Å²) in [5.41, 5.74) is -0.206. The quantitative estimate of drug-likeness (QED) is 0.273. The highest BCUT2D eigenvalue weighted by atomic mass is 32.2. The zero-order chi connectivity index (χ0) is 28.8. The van der Waals surface area contributed by atoms with Crippen molar-refractivity contribution in [1.82, 2.24) is 9.80 Å². The summed E-state index contributed by atoms with van der Waals surface area (Å²) in [6.45, 7) is 11.5. The first kappa shape index (κ1) is 33.5. The Morgan fingerprint density at radius 3 is 2.02 bits per heavy atom. The first-order valence-electron chi connectivity index (χ1n) is 14.9. The predicted molar refractivity (Wildman–Crippen MR) is 165 cm³/mol. The van der Waals surface area contributed by atoms with Crippen LogP contribution in [0.5, 0.6) is 0 Å². The number of halogens is 3. The molecule has 0 aromatic heterocycles. The third kappa shape index (κ3) is 11.0. The second kappa shape index (κ2) is 15.0. The molecule has 1 atom stereocenters. The minimum atomic E-state index is -4.26. The van der Waals surface area contributed by atoms with Crippen LogP contribution in [0.15, 0.2) is 53.4 Å². The summed E-state index contributed by atoms with van der Waals surface area (Å²) in [5.74, 6) is 1.35. The molecule has 0 radical (unpaired) electrons. The summed E-state index contributed by atoms with van der Waals surface area (Å²) in [4.78, 5) is 17.7. The molecule has 0 bridgehead atoms. The monoisotopic (exact) mass is 590 g/mol. The molecule has 7 heteroatoms. The van der Waals surface area contributed by atoms with Gasteiger partial charge in [-0.3, -0.25) is 4.79 Å². The van der Waals surface area contributed by atoms with E-state index < -0.39 is 5.51 Å². The molecule has 228 valence electrons. The molecule has 0 N–H and O–H groups in total. The minimum Gasteiger partial charge on any atom is -0.342 e. The smallest absolute Gasteiger partial charge is 0.342 e. The maximum Gasteiger partial charge on any atom is 0.446 e. The fourth-order valence-electron chi connectivity index (χ4n) is 6.12. The largest absolute Gasteiger partial charge is 0.446 e. The van der Waals surface area contributed by atoms with Crippen LogP contribution in [0.25, 0.3) is 0 Å². The Balaban J connectivity index is 0.00000462. The summed E-state index contributed by atoms with van der Waals surface area (Å²) in [6.07, 6.45) is 7.94. The van der Waals surface area contributed by atoms with E-state index in [1.165, 1.54) is 24.0 Å². The Bertz CT molecular complexity index is 1070. The van der Waals surface area contributed by atoms with E-state index in [-0.39, 0.29) is 35.4 Å². The summed E-state index contributed by atoms with van der Waals surface area (Å²) in [6, 6.07) is 15.8. The number of likely N-dealkylation sites (tertiary alicyclic amines) is 2. The molecule has 2 aliphatic rings. The number of hydrogen-bond donors (Lipinski definition) is 0. The van der Waals surface area contributed by atoms with Crippen LogP contribution in [0.2, 0.25) is 0 Å². The molecule has 0 spiro atoms. The van der Waals surface area contributed by atoms with Crippen molar-refractivity contribution in [3.8, 4) is 0 Å². The van der Waals surface area contributed by atoms with Gasteiger partial charge in [-0.25, -0.2) is 0 Å². The van der Waals surface area contributed by atoms with Gasteiger partial charge in [0.2, 0.25) is 5.91 Å². The van der Waals surface area contributed by atoms with Crippen LogP contribution in [0.3, 0.4) is 0 Å². The van der Waals surface area contributed by atoms with E-state index in [4.69, 9.17) is 0 Å². The Morgan fingerprint density at radius 1 is 0.854 bits per heavy atom. The summed E-state index contributed by atoms with van der Waals surface area (Å²) < 4.78 is 37.7.